The minimum Gasteiger partial charge on any atom is -0.380 e. The van der Waals surface area contributed by atoms with Gasteiger partial charge in [-0.15, -0.1) is 0 Å². The lowest BCUT2D eigenvalue weighted by atomic mass is 9.83. The Kier molecular flexibility index (Phi) is 3.80. The van der Waals surface area contributed by atoms with Gasteiger partial charge in [-0.1, -0.05) is 17.7 Å². The summed E-state index contributed by atoms with van der Waals surface area (Å²) in [6.45, 7) is 1.80. The molecule has 1 aliphatic rings. The highest BCUT2D eigenvalue weighted by atomic mass is 32.2. The Balaban J connectivity index is 2.07. The zero-order valence-electron chi connectivity index (χ0n) is 12.8. The molecule has 0 aliphatic heterocycles. The Bertz CT molecular complexity index is 869. The highest BCUT2D eigenvalue weighted by Crippen LogP contribution is 2.41. The molecule has 0 amide bonds. The molecule has 1 N–H and O–H groups in total. The molecular formula is C16H16F3NO3S. The normalized spacial score (nSPS) is 21.5. The van der Waals surface area contributed by atoms with Gasteiger partial charge in [-0.25, -0.2) is 12.4 Å². The molecule has 0 bridgehead atoms. The standard InChI is InChI=1S/C16H16F3NO3S/c1-11-2-4-13(5-3-11)24(22,23)20-9-7-12-6-8-15(21,10-14(12)20)16(17,18)19/h2-5,7,9,21H,6,8,10H2,1H3/t15-/m0/s1. The van der Waals surface area contributed by atoms with Crippen LogP contribution in [0.15, 0.2) is 41.4 Å². The number of hydrogen-bond acceptors (Lipinski definition) is 3. The van der Waals surface area contributed by atoms with Crippen molar-refractivity contribution in [3.63, 3.8) is 0 Å². The van der Waals surface area contributed by atoms with Gasteiger partial charge in [0.15, 0.2) is 5.60 Å². The van der Waals surface area contributed by atoms with Crippen molar-refractivity contribution in [3.8, 4) is 0 Å². The van der Waals surface area contributed by atoms with Crippen LogP contribution in [0.3, 0.4) is 0 Å². The van der Waals surface area contributed by atoms with E-state index in [9.17, 15) is 26.7 Å². The van der Waals surface area contributed by atoms with Crippen molar-refractivity contribution < 1.29 is 26.7 Å². The maximum absolute atomic E-state index is 13.1. The third-order valence-electron chi connectivity index (χ3n) is 4.42. The van der Waals surface area contributed by atoms with Gasteiger partial charge >= 0.3 is 6.18 Å². The van der Waals surface area contributed by atoms with E-state index in [0.717, 1.165) is 9.54 Å². The van der Waals surface area contributed by atoms with Gasteiger partial charge in [-0.05, 0) is 43.5 Å². The molecule has 24 heavy (non-hydrogen) atoms. The molecule has 0 radical (unpaired) electrons. The quantitative estimate of drug-likeness (QED) is 0.897. The predicted molar refractivity (Wildman–Crippen MR) is 81.2 cm³/mol. The van der Waals surface area contributed by atoms with Gasteiger partial charge in [0, 0.05) is 18.3 Å². The van der Waals surface area contributed by atoms with E-state index < -0.39 is 34.6 Å². The predicted octanol–water partition coefficient (Wildman–Crippen LogP) is 2.82. The zero-order chi connectivity index (χ0) is 17.8. The van der Waals surface area contributed by atoms with Crippen LogP contribution < -0.4 is 0 Å². The smallest absolute Gasteiger partial charge is 0.380 e. The third kappa shape index (κ3) is 2.63. The molecule has 0 saturated carbocycles. The molecule has 1 aromatic carbocycles. The number of aryl methyl sites for hydroxylation is 2. The average Bonchev–Trinajstić information content (AvgIpc) is 2.90. The Hall–Kier alpha value is -1.80. The van der Waals surface area contributed by atoms with Crippen LogP contribution in [0.5, 0.6) is 0 Å². The first-order valence-electron chi connectivity index (χ1n) is 7.35. The lowest BCUT2D eigenvalue weighted by Crippen LogP contribution is -2.49. The Labute approximate surface area is 137 Å². The van der Waals surface area contributed by atoms with E-state index >= 15 is 0 Å². The molecule has 1 aliphatic carbocycles. The summed E-state index contributed by atoms with van der Waals surface area (Å²) in [5, 5.41) is 9.94. The average molecular weight is 359 g/mol. The summed E-state index contributed by atoms with van der Waals surface area (Å²) in [5.41, 5.74) is -1.53. The lowest BCUT2D eigenvalue weighted by Gasteiger charge is -2.34. The van der Waals surface area contributed by atoms with E-state index in [-0.39, 0.29) is 17.0 Å². The topological polar surface area (TPSA) is 59.3 Å². The van der Waals surface area contributed by atoms with Crippen LogP contribution in [0.2, 0.25) is 0 Å². The zero-order valence-corrected chi connectivity index (χ0v) is 13.7. The van der Waals surface area contributed by atoms with Crippen LogP contribution in [0.25, 0.3) is 0 Å². The maximum atomic E-state index is 13.1. The number of alkyl halides is 3. The fourth-order valence-electron chi connectivity index (χ4n) is 2.90. The van der Waals surface area contributed by atoms with Crippen molar-refractivity contribution in [2.75, 3.05) is 0 Å². The van der Waals surface area contributed by atoms with Gasteiger partial charge < -0.3 is 5.11 Å². The summed E-state index contributed by atoms with van der Waals surface area (Å²) in [7, 11) is -4.01. The first-order valence-corrected chi connectivity index (χ1v) is 8.79. The second-order valence-electron chi connectivity index (χ2n) is 6.11. The van der Waals surface area contributed by atoms with Crippen LogP contribution in [0, 0.1) is 6.92 Å². The minimum absolute atomic E-state index is 0.00683. The SMILES string of the molecule is Cc1ccc(S(=O)(=O)n2ccc3c2C[C@](O)(C(F)(F)F)CC3)cc1. The maximum Gasteiger partial charge on any atom is 0.417 e. The summed E-state index contributed by atoms with van der Waals surface area (Å²) < 4.78 is 65.7. The van der Waals surface area contributed by atoms with E-state index in [1.807, 2.05) is 0 Å². The fraction of sp³-hybridized carbons (Fsp3) is 0.375. The van der Waals surface area contributed by atoms with Crippen molar-refractivity contribution in [1.82, 2.24) is 3.97 Å². The monoisotopic (exact) mass is 359 g/mol. The summed E-state index contributed by atoms with van der Waals surface area (Å²) >= 11 is 0. The Morgan fingerprint density at radius 2 is 1.79 bits per heavy atom. The molecule has 8 heteroatoms. The molecular weight excluding hydrogens is 343 g/mol. The Morgan fingerprint density at radius 3 is 2.38 bits per heavy atom. The van der Waals surface area contributed by atoms with Crippen molar-refractivity contribution in [1.29, 1.82) is 0 Å². The van der Waals surface area contributed by atoms with E-state index in [0.29, 0.717) is 5.56 Å². The number of nitrogens with zero attached hydrogens (tertiary/aromatic N) is 1. The van der Waals surface area contributed by atoms with Gasteiger partial charge in [-0.2, -0.15) is 13.2 Å². The molecule has 130 valence electrons. The molecule has 0 spiro atoms. The molecule has 2 aromatic rings. The molecule has 1 heterocycles. The van der Waals surface area contributed by atoms with Crippen LogP contribution in [0.1, 0.15) is 23.2 Å². The number of fused-ring (bicyclic) bond motifs is 1. The van der Waals surface area contributed by atoms with Crippen molar-refractivity contribution in [3.05, 3.63) is 53.3 Å². The summed E-state index contributed by atoms with van der Waals surface area (Å²) in [6, 6.07) is 7.56. The van der Waals surface area contributed by atoms with Crippen LogP contribution >= 0.6 is 0 Å². The molecule has 4 nitrogen and oxygen atoms in total. The van der Waals surface area contributed by atoms with Crippen molar-refractivity contribution in [2.24, 2.45) is 0 Å². The molecule has 3 rings (SSSR count). The number of hydrogen-bond donors (Lipinski definition) is 1. The fourth-order valence-corrected chi connectivity index (χ4v) is 4.30. The molecule has 1 atom stereocenters. The van der Waals surface area contributed by atoms with Crippen LogP contribution in [0.4, 0.5) is 13.2 Å². The van der Waals surface area contributed by atoms with Crippen molar-refractivity contribution >= 4 is 10.0 Å². The van der Waals surface area contributed by atoms with E-state index in [2.05, 4.69) is 0 Å². The van der Waals surface area contributed by atoms with Gasteiger partial charge in [0.05, 0.1) is 4.90 Å². The highest BCUT2D eigenvalue weighted by Gasteiger charge is 2.55. The summed E-state index contributed by atoms with van der Waals surface area (Å²) in [4.78, 5) is -0.00683. The largest absolute Gasteiger partial charge is 0.417 e. The van der Waals surface area contributed by atoms with Crippen molar-refractivity contribution in [2.45, 2.75) is 42.9 Å². The van der Waals surface area contributed by atoms with E-state index in [1.165, 1.54) is 24.4 Å². The molecule has 0 saturated heterocycles. The highest BCUT2D eigenvalue weighted by molar-refractivity contribution is 7.90. The number of benzene rings is 1. The van der Waals surface area contributed by atoms with Crippen LogP contribution in [-0.2, 0) is 22.9 Å². The number of halogens is 3. The molecule has 1 aromatic heterocycles. The first kappa shape index (κ1) is 17.0. The first-order chi connectivity index (χ1) is 11.0. The lowest BCUT2D eigenvalue weighted by molar-refractivity contribution is -0.263. The number of aliphatic hydroxyl groups is 1. The minimum atomic E-state index is -4.81. The third-order valence-corrected chi connectivity index (χ3v) is 6.15. The van der Waals surface area contributed by atoms with Gasteiger partial charge in [0.25, 0.3) is 10.0 Å². The van der Waals surface area contributed by atoms with Gasteiger partial charge in [-0.3, -0.25) is 0 Å². The number of rotatable bonds is 2. The van der Waals surface area contributed by atoms with E-state index in [1.54, 1.807) is 19.1 Å². The second kappa shape index (κ2) is 5.35. The summed E-state index contributed by atoms with van der Waals surface area (Å²) in [5.74, 6) is 0. The van der Waals surface area contributed by atoms with Gasteiger partial charge in [0.1, 0.15) is 0 Å². The molecule has 0 unspecified atom stereocenters. The summed E-state index contributed by atoms with van der Waals surface area (Å²) in [6.07, 6.45) is -4.83. The number of aromatic nitrogens is 1. The van der Waals surface area contributed by atoms with Gasteiger partial charge in [0.2, 0.25) is 0 Å². The van der Waals surface area contributed by atoms with Crippen LogP contribution in [-0.4, -0.2) is 29.3 Å². The van der Waals surface area contributed by atoms with E-state index in [4.69, 9.17) is 0 Å². The second-order valence-corrected chi connectivity index (χ2v) is 7.92. The molecule has 0 fully saturated rings. The Morgan fingerprint density at radius 1 is 1.17 bits per heavy atom.